The summed E-state index contributed by atoms with van der Waals surface area (Å²) in [6.07, 6.45) is 5.03. The first kappa shape index (κ1) is 49.4. The molecule has 20 nitrogen and oxygen atoms in total. The van der Waals surface area contributed by atoms with E-state index in [0.717, 1.165) is 90.9 Å². The average molecular weight is 887 g/mol. The van der Waals surface area contributed by atoms with E-state index < -0.39 is 35.6 Å². The fourth-order valence-electron chi connectivity index (χ4n) is 6.66. The van der Waals surface area contributed by atoms with Crippen molar-refractivity contribution in [1.29, 1.82) is 0 Å². The minimum absolute atomic E-state index is 0.0268. The molecule has 0 radical (unpaired) electrons. The van der Waals surface area contributed by atoms with E-state index in [9.17, 15) is 24.0 Å². The van der Waals surface area contributed by atoms with Gasteiger partial charge in [0, 0.05) is 76.3 Å². The number of benzene rings is 1. The highest BCUT2D eigenvalue weighted by atomic mass is 32.2. The summed E-state index contributed by atoms with van der Waals surface area (Å²) >= 11 is 0.836. The quantitative estimate of drug-likeness (QED) is 0.0485. The van der Waals surface area contributed by atoms with Crippen LogP contribution in [0.3, 0.4) is 0 Å². The largest absolute Gasteiger partial charge is 0.496 e. The molecular formula is C41H62N10O10S. The zero-order valence-corrected chi connectivity index (χ0v) is 36.5. The van der Waals surface area contributed by atoms with Crippen LogP contribution in [0.25, 0.3) is 11.0 Å². The van der Waals surface area contributed by atoms with Gasteiger partial charge < -0.3 is 61.3 Å². The third-order valence-corrected chi connectivity index (χ3v) is 11.4. The van der Waals surface area contributed by atoms with Gasteiger partial charge in [-0.3, -0.25) is 28.9 Å². The van der Waals surface area contributed by atoms with Crippen LogP contribution in [0.2, 0.25) is 0 Å². The van der Waals surface area contributed by atoms with E-state index in [1.165, 1.54) is 0 Å². The van der Waals surface area contributed by atoms with Gasteiger partial charge in [0.25, 0.3) is 0 Å². The number of hydrogen-bond acceptors (Lipinski definition) is 15. The highest BCUT2D eigenvalue weighted by Crippen LogP contribution is 2.28. The van der Waals surface area contributed by atoms with Crippen molar-refractivity contribution in [3.63, 3.8) is 0 Å². The maximum absolute atomic E-state index is 12.9. The number of anilines is 2. The van der Waals surface area contributed by atoms with Crippen molar-refractivity contribution in [2.75, 3.05) is 96.2 Å². The molecule has 1 aliphatic rings. The molecule has 4 rings (SSSR count). The van der Waals surface area contributed by atoms with Crippen molar-refractivity contribution in [2.24, 2.45) is 5.73 Å². The fraction of sp³-hybridized carbons (Fsp3) is 0.585. The standard InChI is InChI=1S/C41H62N10O10S/c1-3-4-5-11-45-38-37-31(47-41(43)48-38)9-14-51(37)26-29-7-6-28(23-32(29)59-2)25-49-15-17-50(18-16-49)35(53)10-19-60-21-22-61-20-13-44-34(52)8-12-46-39(56)33(24-36(54)55)62-27-30(42)40(57)58/h6-7,9,14,23,30,33H,3-5,8,10-13,15-22,24-27,42H2,1-2H3,(H,44,52)(H,46,56)(H,54,55)(H,57,58)(H3,43,45,47,48)/t30-,33?/m0/s1. The van der Waals surface area contributed by atoms with Gasteiger partial charge in [0.1, 0.15) is 17.3 Å². The minimum atomic E-state index is -1.26. The Hall–Kier alpha value is -5.22. The number of amides is 3. The number of ether oxygens (including phenoxy) is 3. The van der Waals surface area contributed by atoms with Crippen LogP contribution in [0.15, 0.2) is 30.5 Å². The third-order valence-electron chi connectivity index (χ3n) is 10.0. The summed E-state index contributed by atoms with van der Waals surface area (Å²) < 4.78 is 19.0. The second kappa shape index (κ2) is 26.3. The topological polar surface area (TPSA) is 279 Å². The van der Waals surface area contributed by atoms with E-state index >= 15 is 0 Å². The summed E-state index contributed by atoms with van der Waals surface area (Å²) in [5.41, 5.74) is 15.3. The van der Waals surface area contributed by atoms with E-state index in [1.807, 2.05) is 17.2 Å². The molecule has 3 aromatic rings. The first-order valence-electron chi connectivity index (χ1n) is 20.9. The fourth-order valence-corrected chi connectivity index (χ4v) is 7.73. The van der Waals surface area contributed by atoms with Crippen molar-refractivity contribution >= 4 is 64.2 Å². The lowest BCUT2D eigenvalue weighted by molar-refractivity contribution is -0.138. The van der Waals surface area contributed by atoms with Crippen LogP contribution in [-0.2, 0) is 46.5 Å². The number of carboxylic acids is 2. The van der Waals surface area contributed by atoms with E-state index in [4.69, 9.17) is 35.9 Å². The molecular weight excluding hydrogens is 825 g/mol. The van der Waals surface area contributed by atoms with Gasteiger partial charge >= 0.3 is 11.9 Å². The number of fused-ring (bicyclic) bond motifs is 1. The van der Waals surface area contributed by atoms with Gasteiger partial charge in [0.05, 0.1) is 63.7 Å². The number of unbranched alkanes of at least 4 members (excludes halogenated alkanes) is 2. The number of hydrogen-bond donors (Lipinski definition) is 7. The van der Waals surface area contributed by atoms with Gasteiger partial charge in [-0.05, 0) is 24.1 Å². The molecule has 9 N–H and O–H groups in total. The molecule has 1 fully saturated rings. The molecule has 1 unspecified atom stereocenters. The number of nitrogens with one attached hydrogen (secondary N) is 3. The SMILES string of the molecule is CCCCCNc1nc(N)nc2ccn(Cc3ccc(CN4CCN(C(=O)CCOCCOCCNC(=O)CCNC(=O)C(CC(=O)O)SC[C@H](N)C(=O)O)CC4)cc3OC)c12. The number of nitrogens with zero attached hydrogens (tertiary/aromatic N) is 5. The highest BCUT2D eigenvalue weighted by Gasteiger charge is 2.25. The van der Waals surface area contributed by atoms with Crippen LogP contribution in [-0.4, -0.2) is 161 Å². The van der Waals surface area contributed by atoms with E-state index in [0.29, 0.717) is 26.2 Å². The molecule has 2 aromatic heterocycles. The lowest BCUT2D eigenvalue weighted by atomic mass is 10.1. The lowest BCUT2D eigenvalue weighted by Gasteiger charge is -2.35. The van der Waals surface area contributed by atoms with Gasteiger partial charge in [-0.25, -0.2) is 4.98 Å². The summed E-state index contributed by atoms with van der Waals surface area (Å²) in [6, 6.07) is 7.02. The summed E-state index contributed by atoms with van der Waals surface area (Å²) in [6.45, 7) is 8.34. The molecule has 1 aliphatic heterocycles. The first-order valence-corrected chi connectivity index (χ1v) is 22.0. The molecule has 3 heterocycles. The van der Waals surface area contributed by atoms with Gasteiger partial charge in [-0.1, -0.05) is 31.9 Å². The second-order valence-corrected chi connectivity index (χ2v) is 16.0. The zero-order chi connectivity index (χ0) is 44.9. The molecule has 342 valence electrons. The zero-order valence-electron chi connectivity index (χ0n) is 35.6. The smallest absolute Gasteiger partial charge is 0.321 e. The summed E-state index contributed by atoms with van der Waals surface area (Å²) in [5.74, 6) is -1.76. The minimum Gasteiger partial charge on any atom is -0.496 e. The molecule has 0 aliphatic carbocycles. The summed E-state index contributed by atoms with van der Waals surface area (Å²) in [4.78, 5) is 72.5. The Bertz CT molecular complexity index is 1930. The molecule has 2 atom stereocenters. The predicted molar refractivity (Wildman–Crippen MR) is 235 cm³/mol. The monoisotopic (exact) mass is 886 g/mol. The number of carbonyl (C=O) groups is 5. The molecule has 1 saturated heterocycles. The van der Waals surface area contributed by atoms with Gasteiger partial charge in [0.2, 0.25) is 23.7 Å². The van der Waals surface area contributed by atoms with Crippen LogP contribution in [0, 0.1) is 0 Å². The normalized spacial score (nSPS) is 14.0. The van der Waals surface area contributed by atoms with E-state index in [2.05, 4.69) is 60.5 Å². The van der Waals surface area contributed by atoms with Crippen molar-refractivity contribution in [1.82, 2.24) is 35.0 Å². The molecule has 21 heteroatoms. The Balaban J connectivity index is 1.07. The molecule has 1 aromatic carbocycles. The number of nitrogens with two attached hydrogens (primary N) is 2. The van der Waals surface area contributed by atoms with Crippen LogP contribution in [0.5, 0.6) is 5.75 Å². The molecule has 0 spiro atoms. The van der Waals surface area contributed by atoms with Gasteiger partial charge in [-0.2, -0.15) is 4.98 Å². The Morgan fingerprint density at radius 1 is 0.903 bits per heavy atom. The molecule has 0 bridgehead atoms. The van der Waals surface area contributed by atoms with Crippen LogP contribution in [0.4, 0.5) is 11.8 Å². The summed E-state index contributed by atoms with van der Waals surface area (Å²) in [5, 5.41) is 25.5. The molecule has 3 amide bonds. The Labute approximate surface area is 365 Å². The molecule has 0 saturated carbocycles. The Morgan fingerprint density at radius 2 is 1.66 bits per heavy atom. The first-order chi connectivity index (χ1) is 29.9. The van der Waals surface area contributed by atoms with Crippen molar-refractivity contribution in [3.05, 3.63) is 41.6 Å². The van der Waals surface area contributed by atoms with E-state index in [-0.39, 0.29) is 69.3 Å². The highest BCUT2D eigenvalue weighted by molar-refractivity contribution is 8.00. The third kappa shape index (κ3) is 16.6. The number of carboxylic acid groups (broad SMARTS) is 2. The lowest BCUT2D eigenvalue weighted by Crippen LogP contribution is -2.48. The number of thioether (sulfide) groups is 1. The van der Waals surface area contributed by atoms with E-state index in [1.54, 1.807) is 7.11 Å². The number of rotatable bonds is 29. The maximum atomic E-state index is 12.9. The predicted octanol–water partition coefficient (Wildman–Crippen LogP) is 1.35. The maximum Gasteiger partial charge on any atom is 0.321 e. The van der Waals surface area contributed by atoms with Crippen LogP contribution >= 0.6 is 11.8 Å². The Kier molecular flexibility index (Phi) is 21.0. The number of aromatic nitrogens is 3. The van der Waals surface area contributed by atoms with Crippen LogP contribution in [0.1, 0.15) is 56.6 Å². The van der Waals surface area contributed by atoms with Crippen molar-refractivity contribution in [2.45, 2.75) is 69.8 Å². The number of piperazine rings is 1. The number of carbonyl (C=O) groups excluding carboxylic acids is 3. The number of aliphatic carboxylic acids is 2. The average Bonchev–Trinajstić information content (AvgIpc) is 3.65. The van der Waals surface area contributed by atoms with Crippen LogP contribution < -0.4 is 32.2 Å². The summed E-state index contributed by atoms with van der Waals surface area (Å²) in [7, 11) is 1.68. The molecule has 62 heavy (non-hydrogen) atoms. The Morgan fingerprint density at radius 3 is 2.37 bits per heavy atom. The van der Waals surface area contributed by atoms with Gasteiger partial charge in [0.15, 0.2) is 5.82 Å². The number of methoxy groups -OCH3 is 1. The van der Waals surface area contributed by atoms with Crippen molar-refractivity contribution < 1.29 is 48.4 Å². The van der Waals surface area contributed by atoms with Gasteiger partial charge in [-0.15, -0.1) is 11.8 Å². The number of nitrogen functional groups attached to an aromatic ring is 1. The second-order valence-electron chi connectivity index (χ2n) is 14.8. The van der Waals surface area contributed by atoms with Crippen molar-refractivity contribution in [3.8, 4) is 5.75 Å².